The normalized spacial score (nSPS) is 12.6. The van der Waals surface area contributed by atoms with Crippen LogP contribution in [0.15, 0.2) is 48.7 Å². The summed E-state index contributed by atoms with van der Waals surface area (Å²) in [7, 11) is 0. The second-order valence-corrected chi connectivity index (χ2v) is 6.21. The molecule has 0 radical (unpaired) electrons. The average molecular weight is 409 g/mol. The molecule has 2 amide bonds. The minimum atomic E-state index is -4.70. The molecule has 29 heavy (non-hydrogen) atoms. The van der Waals surface area contributed by atoms with Gasteiger partial charge in [-0.1, -0.05) is 18.2 Å². The number of carboxylic acids is 1. The van der Waals surface area contributed by atoms with Crippen LogP contribution in [0.1, 0.15) is 11.1 Å². The Morgan fingerprint density at radius 3 is 2.52 bits per heavy atom. The number of para-hydroxylation sites is 1. The zero-order chi connectivity index (χ0) is 21.2. The van der Waals surface area contributed by atoms with E-state index in [4.69, 9.17) is 0 Å². The van der Waals surface area contributed by atoms with Gasteiger partial charge >= 0.3 is 18.2 Å². The number of anilines is 1. The van der Waals surface area contributed by atoms with Crippen LogP contribution in [0.2, 0.25) is 0 Å². The summed E-state index contributed by atoms with van der Waals surface area (Å²) in [6, 6.07) is 5.98. The van der Waals surface area contributed by atoms with E-state index in [1.54, 1.807) is 6.07 Å². The Kier molecular flexibility index (Phi) is 5.44. The Bertz CT molecular complexity index is 1060. The number of benzene rings is 2. The lowest BCUT2D eigenvalue weighted by Crippen LogP contribution is -2.44. The van der Waals surface area contributed by atoms with Crippen LogP contribution in [0.3, 0.4) is 0 Å². The van der Waals surface area contributed by atoms with Crippen molar-refractivity contribution in [2.45, 2.75) is 18.6 Å². The lowest BCUT2D eigenvalue weighted by Gasteiger charge is -2.17. The van der Waals surface area contributed by atoms with Crippen molar-refractivity contribution in [1.29, 1.82) is 0 Å². The van der Waals surface area contributed by atoms with E-state index < -0.39 is 41.3 Å². The predicted molar refractivity (Wildman–Crippen MR) is 97.0 cm³/mol. The molecule has 10 heteroatoms. The van der Waals surface area contributed by atoms with Gasteiger partial charge in [0.25, 0.3) is 0 Å². The van der Waals surface area contributed by atoms with Crippen LogP contribution < -0.4 is 10.6 Å². The lowest BCUT2D eigenvalue weighted by atomic mass is 10.0. The molecular weight excluding hydrogens is 394 g/mol. The van der Waals surface area contributed by atoms with E-state index in [0.29, 0.717) is 11.1 Å². The number of carbonyl (C=O) groups is 2. The molecule has 0 aliphatic heterocycles. The largest absolute Gasteiger partial charge is 0.480 e. The number of carboxylic acid groups (broad SMARTS) is 1. The van der Waals surface area contributed by atoms with Crippen LogP contribution in [-0.2, 0) is 17.4 Å². The molecule has 3 aromatic rings. The number of nitrogens with one attached hydrogen (secondary N) is 3. The minimum absolute atomic E-state index is 0.184. The van der Waals surface area contributed by atoms with Crippen LogP contribution in [0.4, 0.5) is 28.0 Å². The van der Waals surface area contributed by atoms with Crippen molar-refractivity contribution in [1.82, 2.24) is 10.3 Å². The molecule has 2 aromatic carbocycles. The number of rotatable bonds is 5. The second-order valence-electron chi connectivity index (χ2n) is 6.21. The van der Waals surface area contributed by atoms with Crippen molar-refractivity contribution in [2.75, 3.05) is 5.32 Å². The summed E-state index contributed by atoms with van der Waals surface area (Å²) in [4.78, 5) is 26.5. The number of alkyl halides is 3. The van der Waals surface area contributed by atoms with Crippen LogP contribution in [0.25, 0.3) is 10.9 Å². The maximum atomic E-state index is 14.1. The first-order valence-electron chi connectivity index (χ1n) is 8.38. The molecule has 1 heterocycles. The first-order valence-corrected chi connectivity index (χ1v) is 8.38. The average Bonchev–Trinajstić information content (AvgIpc) is 3.05. The number of hydrogen-bond donors (Lipinski definition) is 4. The highest BCUT2D eigenvalue weighted by Gasteiger charge is 2.34. The first kappa shape index (κ1) is 20.2. The third-order valence-corrected chi connectivity index (χ3v) is 4.24. The number of aliphatic carboxylic acids is 1. The van der Waals surface area contributed by atoms with E-state index in [1.807, 2.05) is 5.32 Å². The summed E-state index contributed by atoms with van der Waals surface area (Å²) in [6.45, 7) is 0. The summed E-state index contributed by atoms with van der Waals surface area (Å²) in [5.74, 6) is -1.98. The van der Waals surface area contributed by atoms with Crippen LogP contribution in [0, 0.1) is 5.82 Å². The lowest BCUT2D eigenvalue weighted by molar-refractivity contribution is -0.139. The van der Waals surface area contributed by atoms with Gasteiger partial charge in [0.05, 0.1) is 11.3 Å². The molecule has 0 saturated carbocycles. The molecule has 0 bridgehead atoms. The van der Waals surface area contributed by atoms with Crippen molar-refractivity contribution < 1.29 is 32.3 Å². The van der Waals surface area contributed by atoms with E-state index >= 15 is 0 Å². The Hall–Kier alpha value is -3.56. The summed E-state index contributed by atoms with van der Waals surface area (Å²) in [6.07, 6.45) is -3.55. The highest BCUT2D eigenvalue weighted by molar-refractivity contribution is 5.93. The van der Waals surface area contributed by atoms with Gasteiger partial charge in [0.15, 0.2) is 0 Å². The zero-order valence-corrected chi connectivity index (χ0v) is 14.7. The van der Waals surface area contributed by atoms with Crippen LogP contribution >= 0.6 is 0 Å². The van der Waals surface area contributed by atoms with Gasteiger partial charge in [-0.2, -0.15) is 13.2 Å². The molecule has 3 rings (SSSR count). The number of carbonyl (C=O) groups excluding carboxylic acids is 1. The van der Waals surface area contributed by atoms with Crippen molar-refractivity contribution in [3.05, 3.63) is 65.6 Å². The fraction of sp³-hybridized carbons (Fsp3) is 0.158. The Morgan fingerprint density at radius 1 is 1.10 bits per heavy atom. The number of urea groups is 1. The van der Waals surface area contributed by atoms with Crippen molar-refractivity contribution in [3.63, 3.8) is 0 Å². The fourth-order valence-corrected chi connectivity index (χ4v) is 2.94. The molecule has 0 spiro atoms. The minimum Gasteiger partial charge on any atom is -0.480 e. The maximum Gasteiger partial charge on any atom is 0.418 e. The van der Waals surface area contributed by atoms with Gasteiger partial charge in [-0.15, -0.1) is 0 Å². The van der Waals surface area contributed by atoms with Crippen molar-refractivity contribution in [3.8, 4) is 0 Å². The monoisotopic (exact) mass is 409 g/mol. The van der Waals surface area contributed by atoms with Gasteiger partial charge in [0.1, 0.15) is 11.9 Å². The number of aromatic nitrogens is 1. The van der Waals surface area contributed by atoms with Gasteiger partial charge in [-0.25, -0.2) is 14.0 Å². The van der Waals surface area contributed by atoms with Gasteiger partial charge in [-0.05, 0) is 29.8 Å². The van der Waals surface area contributed by atoms with Gasteiger partial charge in [-0.3, -0.25) is 0 Å². The molecule has 152 valence electrons. The van der Waals surface area contributed by atoms with Gasteiger partial charge in [0.2, 0.25) is 0 Å². The molecule has 0 fully saturated rings. The smallest absolute Gasteiger partial charge is 0.418 e. The fourth-order valence-electron chi connectivity index (χ4n) is 2.94. The molecular formula is C19H15F4N3O3. The molecule has 0 saturated heterocycles. The topological polar surface area (TPSA) is 94.2 Å². The number of H-pyrrole nitrogens is 1. The third-order valence-electron chi connectivity index (χ3n) is 4.24. The molecule has 0 aliphatic carbocycles. The zero-order valence-electron chi connectivity index (χ0n) is 14.7. The molecule has 4 N–H and O–H groups in total. The van der Waals surface area contributed by atoms with E-state index in [0.717, 1.165) is 18.2 Å². The Labute approximate surface area is 161 Å². The third kappa shape index (κ3) is 4.48. The van der Waals surface area contributed by atoms with Gasteiger partial charge < -0.3 is 20.7 Å². The number of hydrogen-bond acceptors (Lipinski definition) is 2. The van der Waals surface area contributed by atoms with E-state index in [1.165, 1.54) is 24.4 Å². The Morgan fingerprint density at radius 2 is 1.83 bits per heavy atom. The van der Waals surface area contributed by atoms with E-state index in [-0.39, 0.29) is 11.8 Å². The summed E-state index contributed by atoms with van der Waals surface area (Å²) in [5.41, 5.74) is -0.824. The number of amides is 2. The first-order chi connectivity index (χ1) is 13.7. The van der Waals surface area contributed by atoms with Crippen molar-refractivity contribution >= 4 is 28.6 Å². The standard InChI is InChI=1S/C19H15F4N3O3/c20-12-5-3-7-14-16(12)10(9-24-14)8-15(17(27)28)26-18(29)25-13-6-2-1-4-11(13)19(21,22)23/h1-7,9,15,24H,8H2,(H,27,28)(H2,25,26,29). The molecule has 1 atom stereocenters. The van der Waals surface area contributed by atoms with Crippen LogP contribution in [-0.4, -0.2) is 28.1 Å². The quantitative estimate of drug-likeness (QED) is 0.477. The maximum absolute atomic E-state index is 14.1. The van der Waals surface area contributed by atoms with Crippen LogP contribution in [0.5, 0.6) is 0 Å². The Balaban J connectivity index is 1.78. The molecule has 1 unspecified atom stereocenters. The number of halogens is 4. The molecule has 1 aromatic heterocycles. The highest BCUT2D eigenvalue weighted by atomic mass is 19.4. The van der Waals surface area contributed by atoms with E-state index in [9.17, 15) is 32.3 Å². The molecule has 6 nitrogen and oxygen atoms in total. The summed E-state index contributed by atoms with van der Waals surface area (Å²) < 4.78 is 53.1. The van der Waals surface area contributed by atoms with Crippen molar-refractivity contribution in [2.24, 2.45) is 0 Å². The number of fused-ring (bicyclic) bond motifs is 1. The highest BCUT2D eigenvalue weighted by Crippen LogP contribution is 2.34. The summed E-state index contributed by atoms with van der Waals surface area (Å²) in [5, 5.41) is 13.7. The van der Waals surface area contributed by atoms with Gasteiger partial charge in [0, 0.05) is 23.5 Å². The predicted octanol–water partition coefficient (Wildman–Crippen LogP) is 4.14. The van der Waals surface area contributed by atoms with E-state index in [2.05, 4.69) is 10.3 Å². The SMILES string of the molecule is O=C(Nc1ccccc1C(F)(F)F)NC(Cc1c[nH]c2cccc(F)c12)C(=O)O. The molecule has 0 aliphatic rings. The second kappa shape index (κ2) is 7.82. The summed E-state index contributed by atoms with van der Waals surface area (Å²) >= 11 is 0. The number of aromatic amines is 1.